The zero-order chi connectivity index (χ0) is 21.2. The molecule has 29 heavy (non-hydrogen) atoms. The molecule has 154 valence electrons. The summed E-state index contributed by atoms with van der Waals surface area (Å²) in [6, 6.07) is 6.17. The third kappa shape index (κ3) is 4.72. The van der Waals surface area contributed by atoms with Gasteiger partial charge in [0.05, 0.1) is 4.90 Å². The molecule has 0 aliphatic rings. The highest BCUT2D eigenvalue weighted by Crippen LogP contribution is 2.19. The molecular formula is C19H22N4O5S. The highest BCUT2D eigenvalue weighted by atomic mass is 32.2. The van der Waals surface area contributed by atoms with Crippen LogP contribution in [-0.4, -0.2) is 30.4 Å². The van der Waals surface area contributed by atoms with Gasteiger partial charge >= 0.3 is 0 Å². The van der Waals surface area contributed by atoms with Gasteiger partial charge in [-0.3, -0.25) is 14.2 Å². The smallest absolute Gasteiger partial charge is 0.264 e. The Hall–Kier alpha value is -2.98. The fourth-order valence-corrected chi connectivity index (χ4v) is 3.45. The first kappa shape index (κ1) is 20.7. The van der Waals surface area contributed by atoms with E-state index < -0.39 is 10.0 Å². The Bertz CT molecular complexity index is 1210. The Morgan fingerprint density at radius 3 is 2.59 bits per heavy atom. The Labute approximate surface area is 167 Å². The molecule has 0 spiro atoms. The van der Waals surface area contributed by atoms with Crippen molar-refractivity contribution in [3.63, 3.8) is 0 Å². The van der Waals surface area contributed by atoms with Crippen LogP contribution >= 0.6 is 0 Å². The summed E-state index contributed by atoms with van der Waals surface area (Å²) in [5.74, 6) is 0.454. The van der Waals surface area contributed by atoms with Crippen LogP contribution in [0.5, 0.6) is 0 Å². The van der Waals surface area contributed by atoms with Gasteiger partial charge in [0, 0.05) is 25.1 Å². The second-order valence-corrected chi connectivity index (χ2v) is 8.31. The van der Waals surface area contributed by atoms with Gasteiger partial charge in [0.2, 0.25) is 21.6 Å². The Morgan fingerprint density at radius 1 is 1.24 bits per heavy atom. The number of aryl methyl sites for hydroxylation is 3. The minimum Gasteiger partial charge on any atom is -0.443 e. The second-order valence-electron chi connectivity index (χ2n) is 6.75. The van der Waals surface area contributed by atoms with E-state index in [4.69, 9.17) is 9.56 Å². The van der Waals surface area contributed by atoms with Crippen LogP contribution in [0.4, 0.5) is 0 Å². The van der Waals surface area contributed by atoms with Crippen molar-refractivity contribution in [2.45, 2.75) is 38.1 Å². The van der Waals surface area contributed by atoms with Gasteiger partial charge < -0.3 is 9.73 Å². The molecule has 3 N–H and O–H groups in total. The Kier molecular flexibility index (Phi) is 5.85. The predicted molar refractivity (Wildman–Crippen MR) is 107 cm³/mol. The highest BCUT2D eigenvalue weighted by Gasteiger charge is 2.14. The summed E-state index contributed by atoms with van der Waals surface area (Å²) in [7, 11) is -3.71. The highest BCUT2D eigenvalue weighted by molar-refractivity contribution is 7.89. The lowest BCUT2D eigenvalue weighted by molar-refractivity contribution is -0.121. The van der Waals surface area contributed by atoms with Crippen molar-refractivity contribution in [3.8, 4) is 0 Å². The molecule has 0 atom stereocenters. The van der Waals surface area contributed by atoms with Crippen molar-refractivity contribution < 1.29 is 17.6 Å². The molecular weight excluding hydrogens is 396 g/mol. The fourth-order valence-electron chi connectivity index (χ4n) is 2.93. The summed E-state index contributed by atoms with van der Waals surface area (Å²) in [4.78, 5) is 28.8. The minimum atomic E-state index is -3.71. The fraction of sp³-hybridized carbons (Fsp3) is 0.316. The lowest BCUT2D eigenvalue weighted by Crippen LogP contribution is -2.29. The summed E-state index contributed by atoms with van der Waals surface area (Å²) in [6.07, 6.45) is 2.05. The number of fused-ring (bicyclic) bond motifs is 1. The largest absolute Gasteiger partial charge is 0.443 e. The molecule has 0 unspecified atom stereocenters. The van der Waals surface area contributed by atoms with Gasteiger partial charge in [0.15, 0.2) is 0 Å². The third-order valence-electron chi connectivity index (χ3n) is 4.72. The first-order valence-corrected chi connectivity index (χ1v) is 10.5. The van der Waals surface area contributed by atoms with E-state index in [1.165, 1.54) is 23.0 Å². The lowest BCUT2D eigenvalue weighted by Gasteiger charge is -2.07. The van der Waals surface area contributed by atoms with Gasteiger partial charge in [-0.25, -0.2) is 18.5 Å². The molecule has 0 bridgehead atoms. The molecule has 0 aliphatic heterocycles. The number of aromatic nitrogens is 2. The molecule has 0 saturated heterocycles. The maximum Gasteiger partial charge on any atom is 0.264 e. The van der Waals surface area contributed by atoms with Gasteiger partial charge in [0.1, 0.15) is 17.5 Å². The normalized spacial score (nSPS) is 11.7. The second kappa shape index (κ2) is 8.18. The number of amides is 1. The minimum absolute atomic E-state index is 0.0457. The zero-order valence-electron chi connectivity index (χ0n) is 16.1. The maximum atomic E-state index is 12.6. The molecule has 2 aromatic heterocycles. The van der Waals surface area contributed by atoms with Gasteiger partial charge in [-0.1, -0.05) is 12.1 Å². The first-order chi connectivity index (χ1) is 13.7. The monoisotopic (exact) mass is 418 g/mol. The van der Waals surface area contributed by atoms with Crippen LogP contribution in [0, 0.1) is 13.8 Å². The molecule has 1 amide bonds. The topological polar surface area (TPSA) is 137 Å². The summed E-state index contributed by atoms with van der Waals surface area (Å²) >= 11 is 0. The molecule has 10 heteroatoms. The molecule has 0 saturated carbocycles. The number of carbonyl (C=O) groups excluding carboxylic acids is 1. The van der Waals surface area contributed by atoms with E-state index >= 15 is 0 Å². The molecule has 2 heterocycles. The molecule has 0 fully saturated rings. The summed E-state index contributed by atoms with van der Waals surface area (Å²) in [6.45, 7) is 4.17. The Morgan fingerprint density at radius 2 is 1.93 bits per heavy atom. The van der Waals surface area contributed by atoms with E-state index in [2.05, 4.69) is 10.3 Å². The standard InChI is InChI=1S/C19H22N4O5S/c1-12-13(2)28-18-17(12)19(25)23(11-22-18)10-8-16(24)21-9-7-14-3-5-15(6-4-14)29(20,26)27/h3-6,11H,7-10H2,1-2H3,(H,21,24)(H2,20,26,27). The quantitative estimate of drug-likeness (QED) is 0.587. The SMILES string of the molecule is Cc1oc2ncn(CCC(=O)NCCc3ccc(S(N)(=O)=O)cc3)c(=O)c2c1C. The van der Waals surface area contributed by atoms with Crippen LogP contribution in [-0.2, 0) is 27.8 Å². The van der Waals surface area contributed by atoms with E-state index in [0.717, 1.165) is 11.1 Å². The van der Waals surface area contributed by atoms with Crippen LogP contribution in [0.25, 0.3) is 11.1 Å². The number of sulfonamides is 1. The number of nitrogens with zero attached hydrogens (tertiary/aromatic N) is 2. The number of nitrogens with two attached hydrogens (primary N) is 1. The van der Waals surface area contributed by atoms with E-state index in [9.17, 15) is 18.0 Å². The number of hydrogen-bond acceptors (Lipinski definition) is 6. The summed E-state index contributed by atoms with van der Waals surface area (Å²) in [5.41, 5.74) is 1.70. The van der Waals surface area contributed by atoms with Crippen molar-refractivity contribution in [1.29, 1.82) is 0 Å². The summed E-state index contributed by atoms with van der Waals surface area (Å²) in [5, 5.41) is 8.28. The van der Waals surface area contributed by atoms with Crippen LogP contribution < -0.4 is 16.0 Å². The van der Waals surface area contributed by atoms with Crippen LogP contribution in [0.1, 0.15) is 23.3 Å². The molecule has 3 rings (SSSR count). The third-order valence-corrected chi connectivity index (χ3v) is 5.65. The molecule has 3 aromatic rings. The van der Waals surface area contributed by atoms with Crippen LogP contribution in [0.15, 0.2) is 44.7 Å². The van der Waals surface area contributed by atoms with E-state index in [-0.39, 0.29) is 29.3 Å². The number of furan rings is 1. The van der Waals surface area contributed by atoms with Gasteiger partial charge in [0.25, 0.3) is 5.56 Å². The van der Waals surface area contributed by atoms with Crippen molar-refractivity contribution in [1.82, 2.24) is 14.9 Å². The average Bonchev–Trinajstić information content (AvgIpc) is 2.95. The maximum absolute atomic E-state index is 12.6. The van der Waals surface area contributed by atoms with Crippen molar-refractivity contribution in [3.05, 3.63) is 57.8 Å². The van der Waals surface area contributed by atoms with Crippen LogP contribution in [0.2, 0.25) is 0 Å². The average molecular weight is 418 g/mol. The number of hydrogen-bond donors (Lipinski definition) is 2. The van der Waals surface area contributed by atoms with Crippen molar-refractivity contribution in [2.24, 2.45) is 5.14 Å². The predicted octanol–water partition coefficient (Wildman–Crippen LogP) is 1.00. The molecule has 9 nitrogen and oxygen atoms in total. The number of benzene rings is 1. The first-order valence-electron chi connectivity index (χ1n) is 9.00. The van der Waals surface area contributed by atoms with Crippen LogP contribution in [0.3, 0.4) is 0 Å². The van der Waals surface area contributed by atoms with E-state index in [1.54, 1.807) is 26.0 Å². The van der Waals surface area contributed by atoms with Gasteiger partial charge in [-0.05, 0) is 38.0 Å². The molecule has 0 radical (unpaired) electrons. The van der Waals surface area contributed by atoms with E-state index in [0.29, 0.717) is 29.8 Å². The van der Waals surface area contributed by atoms with E-state index in [1.807, 2.05) is 0 Å². The molecule has 1 aromatic carbocycles. The van der Waals surface area contributed by atoms with Crippen molar-refractivity contribution in [2.75, 3.05) is 6.54 Å². The Balaban J connectivity index is 1.53. The molecule has 0 aliphatic carbocycles. The summed E-state index contributed by atoms with van der Waals surface area (Å²) < 4.78 is 29.3. The number of nitrogens with one attached hydrogen (secondary N) is 1. The number of rotatable bonds is 7. The van der Waals surface area contributed by atoms with Gasteiger partial charge in [-0.2, -0.15) is 0 Å². The number of primary sulfonamides is 1. The number of carbonyl (C=O) groups is 1. The van der Waals surface area contributed by atoms with Crippen molar-refractivity contribution >= 4 is 27.0 Å². The zero-order valence-corrected chi connectivity index (χ0v) is 17.0. The van der Waals surface area contributed by atoms with Gasteiger partial charge in [-0.15, -0.1) is 0 Å². The lowest BCUT2D eigenvalue weighted by atomic mass is 10.1.